The van der Waals surface area contributed by atoms with E-state index in [1.165, 1.54) is 11.0 Å². The minimum Gasteiger partial charge on any atom is -0.314 e. The third-order valence-electron chi connectivity index (χ3n) is 4.95. The molecule has 128 valence electrons. The lowest BCUT2D eigenvalue weighted by atomic mass is 9.75. The predicted octanol–water partition coefficient (Wildman–Crippen LogP) is 3.55. The van der Waals surface area contributed by atoms with Crippen LogP contribution < -0.4 is 5.32 Å². The average molecular weight is 330 g/mol. The second-order valence-corrected chi connectivity index (χ2v) is 6.80. The Balaban J connectivity index is 1.36. The minimum atomic E-state index is -4.11. The summed E-state index contributed by atoms with van der Waals surface area (Å²) in [4.78, 5) is 1.48. The SMILES string of the molecule is Fc1ccccc1C1CC(NC[C@@H]2CCN(CC(F)(F)F)C2)C1. The van der Waals surface area contributed by atoms with Crippen LogP contribution >= 0.6 is 0 Å². The van der Waals surface area contributed by atoms with Crippen molar-refractivity contribution >= 4 is 0 Å². The Morgan fingerprint density at radius 1 is 1.17 bits per heavy atom. The van der Waals surface area contributed by atoms with Gasteiger partial charge in [0.2, 0.25) is 0 Å². The fraction of sp³-hybridized carbons (Fsp3) is 0.647. The summed E-state index contributed by atoms with van der Waals surface area (Å²) >= 11 is 0. The maximum absolute atomic E-state index is 13.7. The standard InChI is InChI=1S/C17H22F4N2/c18-16-4-2-1-3-15(16)13-7-14(8-13)22-9-12-5-6-23(10-12)11-17(19,20)21/h1-4,12-14,22H,5-11H2/t12-,13?,14?/m0/s1. The Morgan fingerprint density at radius 3 is 2.61 bits per heavy atom. The lowest BCUT2D eigenvalue weighted by molar-refractivity contribution is -0.143. The number of rotatable bonds is 5. The van der Waals surface area contributed by atoms with Gasteiger partial charge in [0.15, 0.2) is 0 Å². The molecule has 6 heteroatoms. The van der Waals surface area contributed by atoms with E-state index in [9.17, 15) is 17.6 Å². The van der Waals surface area contributed by atoms with Crippen molar-refractivity contribution in [3.8, 4) is 0 Å². The fourth-order valence-corrected chi connectivity index (χ4v) is 3.65. The molecule has 0 amide bonds. The molecule has 1 aliphatic carbocycles. The van der Waals surface area contributed by atoms with Crippen LogP contribution in [0.25, 0.3) is 0 Å². The lowest BCUT2D eigenvalue weighted by Crippen LogP contribution is -2.43. The second-order valence-electron chi connectivity index (χ2n) is 6.80. The van der Waals surface area contributed by atoms with Crippen LogP contribution in [0.4, 0.5) is 17.6 Å². The van der Waals surface area contributed by atoms with Gasteiger partial charge in [0, 0.05) is 12.6 Å². The van der Waals surface area contributed by atoms with Crippen molar-refractivity contribution in [2.24, 2.45) is 5.92 Å². The van der Waals surface area contributed by atoms with Gasteiger partial charge in [0.05, 0.1) is 6.54 Å². The van der Waals surface area contributed by atoms with Crippen molar-refractivity contribution in [2.45, 2.75) is 37.4 Å². The first kappa shape index (κ1) is 16.7. The van der Waals surface area contributed by atoms with Gasteiger partial charge in [-0.15, -0.1) is 0 Å². The van der Waals surface area contributed by atoms with Crippen LogP contribution in [0.3, 0.4) is 0 Å². The summed E-state index contributed by atoms with van der Waals surface area (Å²) in [5, 5.41) is 3.43. The van der Waals surface area contributed by atoms with E-state index >= 15 is 0 Å². The largest absolute Gasteiger partial charge is 0.401 e. The Hall–Kier alpha value is -1.14. The van der Waals surface area contributed by atoms with Gasteiger partial charge in [-0.2, -0.15) is 13.2 Å². The van der Waals surface area contributed by atoms with Crippen LogP contribution in [0.5, 0.6) is 0 Å². The third kappa shape index (κ3) is 4.44. The molecule has 1 N–H and O–H groups in total. The summed E-state index contributed by atoms with van der Waals surface area (Å²) in [7, 11) is 0. The fourth-order valence-electron chi connectivity index (χ4n) is 3.65. The van der Waals surface area contributed by atoms with Crippen LogP contribution in [-0.2, 0) is 0 Å². The zero-order valence-electron chi connectivity index (χ0n) is 13.0. The predicted molar refractivity (Wildman–Crippen MR) is 80.8 cm³/mol. The smallest absolute Gasteiger partial charge is 0.314 e. The lowest BCUT2D eigenvalue weighted by Gasteiger charge is -2.37. The minimum absolute atomic E-state index is 0.144. The molecule has 23 heavy (non-hydrogen) atoms. The van der Waals surface area contributed by atoms with E-state index in [2.05, 4.69) is 5.32 Å². The highest BCUT2D eigenvalue weighted by Gasteiger charge is 2.35. The van der Waals surface area contributed by atoms with Crippen molar-refractivity contribution < 1.29 is 17.6 Å². The highest BCUT2D eigenvalue weighted by molar-refractivity contribution is 5.24. The first-order chi connectivity index (χ1) is 10.9. The van der Waals surface area contributed by atoms with Crippen LogP contribution in [0.15, 0.2) is 24.3 Å². The molecule has 2 fully saturated rings. The molecule has 1 aromatic carbocycles. The van der Waals surface area contributed by atoms with Gasteiger partial charge >= 0.3 is 6.18 Å². The number of nitrogens with one attached hydrogen (secondary N) is 1. The zero-order chi connectivity index (χ0) is 16.4. The molecule has 2 aliphatic rings. The maximum atomic E-state index is 13.7. The van der Waals surface area contributed by atoms with Gasteiger partial charge in [0.1, 0.15) is 5.82 Å². The molecule has 2 nitrogen and oxygen atoms in total. The molecule has 0 spiro atoms. The summed E-state index contributed by atoms with van der Waals surface area (Å²) in [6, 6.07) is 7.23. The molecule has 0 aromatic heterocycles. The molecule has 1 heterocycles. The highest BCUT2D eigenvalue weighted by atomic mass is 19.4. The normalized spacial score (nSPS) is 28.8. The van der Waals surface area contributed by atoms with Gasteiger partial charge in [0.25, 0.3) is 0 Å². The molecular weight excluding hydrogens is 308 g/mol. The molecule has 1 aliphatic heterocycles. The number of hydrogen-bond donors (Lipinski definition) is 1. The van der Waals surface area contributed by atoms with E-state index in [0.717, 1.165) is 31.4 Å². The molecule has 0 radical (unpaired) electrons. The van der Waals surface area contributed by atoms with E-state index in [1.807, 2.05) is 12.1 Å². The monoisotopic (exact) mass is 330 g/mol. The van der Waals surface area contributed by atoms with Gasteiger partial charge in [-0.25, -0.2) is 4.39 Å². The molecule has 1 atom stereocenters. The van der Waals surface area contributed by atoms with E-state index < -0.39 is 12.7 Å². The third-order valence-corrected chi connectivity index (χ3v) is 4.95. The van der Waals surface area contributed by atoms with Crippen molar-refractivity contribution in [3.05, 3.63) is 35.6 Å². The van der Waals surface area contributed by atoms with E-state index in [1.54, 1.807) is 6.07 Å². The molecule has 1 aromatic rings. The number of hydrogen-bond acceptors (Lipinski definition) is 2. The Bertz CT molecular complexity index is 526. The topological polar surface area (TPSA) is 15.3 Å². The summed E-state index contributed by atoms with van der Waals surface area (Å²) in [5.41, 5.74) is 0.780. The Kier molecular flexibility index (Phi) is 4.92. The highest BCUT2D eigenvalue weighted by Crippen LogP contribution is 2.38. The first-order valence-corrected chi connectivity index (χ1v) is 8.17. The van der Waals surface area contributed by atoms with Crippen molar-refractivity contribution in [1.29, 1.82) is 0 Å². The molecular formula is C17H22F4N2. The van der Waals surface area contributed by atoms with E-state index in [4.69, 9.17) is 0 Å². The van der Waals surface area contributed by atoms with Crippen molar-refractivity contribution in [2.75, 3.05) is 26.2 Å². The van der Waals surface area contributed by atoms with Gasteiger partial charge in [-0.05, 0) is 55.8 Å². The van der Waals surface area contributed by atoms with Gasteiger partial charge < -0.3 is 5.32 Å². The summed E-state index contributed by atoms with van der Waals surface area (Å²) in [6.07, 6.45) is -1.49. The number of alkyl halides is 3. The molecule has 1 saturated carbocycles. The van der Waals surface area contributed by atoms with E-state index in [0.29, 0.717) is 19.1 Å². The molecule has 0 bridgehead atoms. The summed E-state index contributed by atoms with van der Waals surface area (Å²) in [6.45, 7) is 0.982. The van der Waals surface area contributed by atoms with Crippen molar-refractivity contribution in [1.82, 2.24) is 10.2 Å². The van der Waals surface area contributed by atoms with Crippen LogP contribution in [0, 0.1) is 11.7 Å². The number of nitrogens with zero attached hydrogens (tertiary/aromatic N) is 1. The zero-order valence-corrected chi connectivity index (χ0v) is 13.0. The number of benzene rings is 1. The van der Waals surface area contributed by atoms with Gasteiger partial charge in [-0.1, -0.05) is 18.2 Å². The van der Waals surface area contributed by atoms with Crippen molar-refractivity contribution in [3.63, 3.8) is 0 Å². The first-order valence-electron chi connectivity index (χ1n) is 8.17. The molecule has 1 saturated heterocycles. The number of halogens is 4. The van der Waals surface area contributed by atoms with Gasteiger partial charge in [-0.3, -0.25) is 4.90 Å². The maximum Gasteiger partial charge on any atom is 0.401 e. The second kappa shape index (κ2) is 6.77. The van der Waals surface area contributed by atoms with Crippen LogP contribution in [0.2, 0.25) is 0 Å². The Morgan fingerprint density at radius 2 is 1.91 bits per heavy atom. The molecule has 3 rings (SSSR count). The number of likely N-dealkylation sites (tertiary alicyclic amines) is 1. The average Bonchev–Trinajstić information content (AvgIpc) is 2.84. The van der Waals surface area contributed by atoms with E-state index in [-0.39, 0.29) is 17.7 Å². The van der Waals surface area contributed by atoms with Crippen LogP contribution in [-0.4, -0.2) is 43.3 Å². The summed E-state index contributed by atoms with van der Waals surface area (Å²) < 4.78 is 50.8. The molecule has 0 unspecified atom stereocenters. The quantitative estimate of drug-likeness (QED) is 0.831. The Labute approximate surface area is 133 Å². The summed E-state index contributed by atoms with van der Waals surface area (Å²) in [5.74, 6) is 0.401. The van der Waals surface area contributed by atoms with Crippen LogP contribution in [0.1, 0.15) is 30.7 Å².